The van der Waals surface area contributed by atoms with Gasteiger partial charge in [-0.2, -0.15) is 0 Å². The molecule has 0 amide bonds. The zero-order chi connectivity index (χ0) is 21.1. The van der Waals surface area contributed by atoms with Gasteiger partial charge in [0.15, 0.2) is 0 Å². The molecule has 29 heavy (non-hydrogen) atoms. The highest BCUT2D eigenvalue weighted by Gasteiger charge is 2.31. The molecule has 0 aromatic heterocycles. The second-order valence-electron chi connectivity index (χ2n) is 8.43. The highest BCUT2D eigenvalue weighted by Crippen LogP contribution is 2.50. The highest BCUT2D eigenvalue weighted by atomic mass is 35.5. The van der Waals surface area contributed by atoms with E-state index < -0.39 is 18.3 Å². The third-order valence-electron chi connectivity index (χ3n) is 5.69. The van der Waals surface area contributed by atoms with Crippen molar-refractivity contribution in [1.82, 2.24) is 0 Å². The fourth-order valence-corrected chi connectivity index (χ4v) is 6.16. The molecule has 0 radical (unpaired) electrons. The van der Waals surface area contributed by atoms with E-state index in [0.29, 0.717) is 12.6 Å². The Hall–Kier alpha value is 0.440. The van der Waals surface area contributed by atoms with Crippen LogP contribution in [0.25, 0.3) is 0 Å². The van der Waals surface area contributed by atoms with E-state index in [1.165, 1.54) is 70.6 Å². The van der Waals surface area contributed by atoms with Gasteiger partial charge >= 0.3 is 0 Å². The molecule has 2 atom stereocenters. The molecule has 0 fully saturated rings. The summed E-state index contributed by atoms with van der Waals surface area (Å²) in [4.78, 5) is 21.6. The number of rotatable bonds is 21. The molecule has 0 aromatic rings. The quantitative estimate of drug-likeness (QED) is 0.103. The maximum atomic E-state index is 12.6. The summed E-state index contributed by atoms with van der Waals surface area (Å²) in [5.74, 6) is 0. The van der Waals surface area contributed by atoms with Crippen molar-refractivity contribution in [3.05, 3.63) is 0 Å². The van der Waals surface area contributed by atoms with E-state index in [-0.39, 0.29) is 18.8 Å². The minimum atomic E-state index is -3.28. The van der Waals surface area contributed by atoms with Gasteiger partial charge in [0, 0.05) is 18.2 Å². The van der Waals surface area contributed by atoms with Crippen LogP contribution in [-0.4, -0.2) is 22.0 Å². The van der Waals surface area contributed by atoms with Crippen molar-refractivity contribution in [2.75, 3.05) is 6.16 Å². The zero-order valence-corrected chi connectivity index (χ0v) is 21.5. The summed E-state index contributed by atoms with van der Waals surface area (Å²) in [5, 5.41) is -0.490. The first kappa shape index (κ1) is 31.6. The van der Waals surface area contributed by atoms with Crippen molar-refractivity contribution < 1.29 is 14.3 Å². The van der Waals surface area contributed by atoms with Gasteiger partial charge in [0.1, 0.15) is 0 Å². The van der Waals surface area contributed by atoms with Gasteiger partial charge < -0.3 is 4.89 Å². The van der Waals surface area contributed by atoms with E-state index in [1.807, 2.05) is 0 Å². The van der Waals surface area contributed by atoms with Crippen molar-refractivity contribution in [1.29, 1.82) is 0 Å². The maximum Gasteiger partial charge on any atom is 0.222 e. The molecule has 0 aromatic carbocycles. The Morgan fingerprint density at radius 3 is 1.52 bits per heavy atom. The standard InChI is InChI=1S/C23H46ClO3P.ClH/c1-3-5-7-8-9-10-11-12-13-14-15-16-17-18-20-28(26,27)22(19-6-4-2)21-23(24)25;/h22H,3-21H2,1-2H3,(H,26,27);1H. The second kappa shape index (κ2) is 21.7. The number of carbonyl (C=O) groups is 1. The fraction of sp³-hybridized carbons (Fsp3) is 0.957. The molecule has 2 unspecified atom stereocenters. The van der Waals surface area contributed by atoms with Crippen LogP contribution < -0.4 is 0 Å². The van der Waals surface area contributed by atoms with Gasteiger partial charge in [0.2, 0.25) is 12.6 Å². The molecule has 0 aliphatic heterocycles. The van der Waals surface area contributed by atoms with E-state index in [9.17, 15) is 14.3 Å². The van der Waals surface area contributed by atoms with E-state index in [0.717, 1.165) is 32.1 Å². The van der Waals surface area contributed by atoms with Crippen LogP contribution in [0.4, 0.5) is 0 Å². The van der Waals surface area contributed by atoms with Crippen LogP contribution in [0.15, 0.2) is 0 Å². The van der Waals surface area contributed by atoms with Crippen LogP contribution in [0.2, 0.25) is 0 Å². The Balaban J connectivity index is 0. The van der Waals surface area contributed by atoms with Crippen LogP contribution in [0.3, 0.4) is 0 Å². The molecule has 1 N–H and O–H groups in total. The van der Waals surface area contributed by atoms with Crippen LogP contribution in [0.1, 0.15) is 129 Å². The topological polar surface area (TPSA) is 54.4 Å². The summed E-state index contributed by atoms with van der Waals surface area (Å²) >= 11 is 5.48. The summed E-state index contributed by atoms with van der Waals surface area (Å²) in [7, 11) is -3.28. The van der Waals surface area contributed by atoms with Crippen LogP contribution >= 0.6 is 31.4 Å². The Labute approximate surface area is 192 Å². The normalized spacial score (nSPS) is 14.2. The predicted octanol–water partition coefficient (Wildman–Crippen LogP) is 8.87. The average Bonchev–Trinajstić information content (AvgIpc) is 2.65. The molecule has 0 rings (SSSR count). The Morgan fingerprint density at radius 2 is 1.14 bits per heavy atom. The van der Waals surface area contributed by atoms with E-state index in [2.05, 4.69) is 13.8 Å². The molecule has 0 aliphatic rings. The Bertz CT molecular complexity index is 419. The van der Waals surface area contributed by atoms with Crippen molar-refractivity contribution in [3.63, 3.8) is 0 Å². The van der Waals surface area contributed by atoms with Gasteiger partial charge in [-0.3, -0.25) is 9.36 Å². The minimum absolute atomic E-state index is 0. The summed E-state index contributed by atoms with van der Waals surface area (Å²) in [6, 6.07) is 0. The lowest BCUT2D eigenvalue weighted by Gasteiger charge is -2.21. The molecular formula is C23H47Cl2O3P. The number of halogens is 2. The predicted molar refractivity (Wildman–Crippen MR) is 131 cm³/mol. The summed E-state index contributed by atoms with van der Waals surface area (Å²) in [6.07, 6.45) is 20.6. The van der Waals surface area contributed by atoms with Gasteiger partial charge in [0.25, 0.3) is 0 Å². The fourth-order valence-electron chi connectivity index (χ4n) is 3.79. The average molecular weight is 474 g/mol. The molecule has 6 heteroatoms. The van der Waals surface area contributed by atoms with E-state index >= 15 is 0 Å². The molecule has 0 saturated heterocycles. The Kier molecular flexibility index (Phi) is 23.6. The molecule has 0 heterocycles. The number of hydrogen-bond donors (Lipinski definition) is 1. The highest BCUT2D eigenvalue weighted by molar-refractivity contribution is 7.58. The molecule has 0 bridgehead atoms. The lowest BCUT2D eigenvalue weighted by Crippen LogP contribution is -2.14. The third-order valence-corrected chi connectivity index (χ3v) is 8.38. The van der Waals surface area contributed by atoms with E-state index in [4.69, 9.17) is 11.6 Å². The van der Waals surface area contributed by atoms with Crippen molar-refractivity contribution in [2.24, 2.45) is 0 Å². The molecule has 0 aliphatic carbocycles. The molecular weight excluding hydrogens is 426 g/mol. The number of hydrogen-bond acceptors (Lipinski definition) is 2. The zero-order valence-electron chi connectivity index (χ0n) is 19.0. The minimum Gasteiger partial charge on any atom is -0.344 e. The molecule has 0 saturated carbocycles. The molecule has 0 spiro atoms. The van der Waals surface area contributed by atoms with Crippen molar-refractivity contribution >= 4 is 36.6 Å². The van der Waals surface area contributed by atoms with Gasteiger partial charge in [-0.25, -0.2) is 0 Å². The first-order valence-electron chi connectivity index (χ1n) is 11.9. The van der Waals surface area contributed by atoms with Gasteiger partial charge in [-0.15, -0.1) is 12.4 Å². The summed E-state index contributed by atoms with van der Waals surface area (Å²) < 4.78 is 12.6. The first-order chi connectivity index (χ1) is 13.4. The largest absolute Gasteiger partial charge is 0.344 e. The van der Waals surface area contributed by atoms with Crippen LogP contribution in [-0.2, 0) is 9.36 Å². The lowest BCUT2D eigenvalue weighted by atomic mass is 10.0. The van der Waals surface area contributed by atoms with Crippen LogP contribution in [0.5, 0.6) is 0 Å². The molecule has 176 valence electrons. The molecule has 3 nitrogen and oxygen atoms in total. The Morgan fingerprint density at radius 1 is 0.759 bits per heavy atom. The monoisotopic (exact) mass is 472 g/mol. The number of carbonyl (C=O) groups excluding carboxylic acids is 1. The second-order valence-corrected chi connectivity index (χ2v) is 11.5. The summed E-state index contributed by atoms with van der Waals surface area (Å²) in [6.45, 7) is 4.31. The lowest BCUT2D eigenvalue weighted by molar-refractivity contribution is -0.111. The van der Waals surface area contributed by atoms with Gasteiger partial charge in [0.05, 0.1) is 0 Å². The maximum absolute atomic E-state index is 12.6. The smallest absolute Gasteiger partial charge is 0.222 e. The van der Waals surface area contributed by atoms with Crippen molar-refractivity contribution in [2.45, 2.75) is 135 Å². The SMILES string of the molecule is CCCCCCCCCCCCCCCCP(=O)(O)C(CCCC)CC(=O)Cl.Cl. The van der Waals surface area contributed by atoms with Crippen LogP contribution in [0, 0.1) is 0 Å². The van der Waals surface area contributed by atoms with Gasteiger partial charge in [-0.05, 0) is 24.4 Å². The van der Waals surface area contributed by atoms with Gasteiger partial charge in [-0.1, -0.05) is 110 Å². The number of unbranched alkanes of at least 4 members (excludes halogenated alkanes) is 14. The summed E-state index contributed by atoms with van der Waals surface area (Å²) in [5.41, 5.74) is -0.445. The third kappa shape index (κ3) is 20.1. The first-order valence-corrected chi connectivity index (χ1v) is 14.2. The van der Waals surface area contributed by atoms with Crippen molar-refractivity contribution in [3.8, 4) is 0 Å². The van der Waals surface area contributed by atoms with E-state index in [1.54, 1.807) is 0 Å².